The Morgan fingerprint density at radius 2 is 1.67 bits per heavy atom. The van der Waals surface area contributed by atoms with Crippen LogP contribution in [0, 0.1) is 5.92 Å². The summed E-state index contributed by atoms with van der Waals surface area (Å²) in [6, 6.07) is 9.25. The van der Waals surface area contributed by atoms with Gasteiger partial charge in [0.15, 0.2) is 5.78 Å². The third-order valence-corrected chi connectivity index (χ3v) is 6.24. The number of hydrogen-bond donors (Lipinski definition) is 2. The van der Waals surface area contributed by atoms with Gasteiger partial charge in [0.25, 0.3) is 0 Å². The summed E-state index contributed by atoms with van der Waals surface area (Å²) in [5, 5.41) is 14.0. The summed E-state index contributed by atoms with van der Waals surface area (Å²) in [7, 11) is 1.94. The number of carbonyl (C=O) groups is 2. The van der Waals surface area contributed by atoms with Crippen LogP contribution in [0.1, 0.15) is 76.7 Å². The van der Waals surface area contributed by atoms with Crippen LogP contribution < -0.4 is 5.32 Å². The monoisotopic (exact) mass is 416 g/mol. The predicted molar refractivity (Wildman–Crippen MR) is 121 cm³/mol. The lowest BCUT2D eigenvalue weighted by Gasteiger charge is -2.33. The van der Waals surface area contributed by atoms with Crippen molar-refractivity contribution in [3.05, 3.63) is 35.9 Å². The van der Waals surface area contributed by atoms with Gasteiger partial charge in [-0.3, -0.25) is 14.5 Å². The van der Waals surface area contributed by atoms with E-state index in [0.717, 1.165) is 31.4 Å². The number of rotatable bonds is 6. The second-order valence-electron chi connectivity index (χ2n) is 8.90. The Hall–Kier alpha value is -1.72. The zero-order valence-electron chi connectivity index (χ0n) is 18.8. The topological polar surface area (TPSA) is 69.6 Å². The maximum absolute atomic E-state index is 13.0. The maximum Gasteiger partial charge on any atom is 0.220 e. The van der Waals surface area contributed by atoms with Crippen molar-refractivity contribution >= 4 is 11.7 Å². The third-order valence-electron chi connectivity index (χ3n) is 6.24. The molecule has 3 atom stereocenters. The first-order valence-electron chi connectivity index (χ1n) is 11.7. The van der Waals surface area contributed by atoms with Crippen LogP contribution in [-0.2, 0) is 16.1 Å². The molecule has 1 amide bonds. The molecule has 0 bridgehead atoms. The minimum Gasteiger partial charge on any atom is -0.391 e. The van der Waals surface area contributed by atoms with E-state index in [-0.39, 0.29) is 24.0 Å². The normalized spacial score (nSPS) is 22.2. The molecule has 30 heavy (non-hydrogen) atoms. The largest absolute Gasteiger partial charge is 0.391 e. The molecular weight excluding hydrogens is 376 g/mol. The zero-order valence-corrected chi connectivity index (χ0v) is 18.8. The summed E-state index contributed by atoms with van der Waals surface area (Å²) in [4.78, 5) is 27.4. The molecule has 0 saturated carbocycles. The second-order valence-corrected chi connectivity index (χ2v) is 8.90. The summed E-state index contributed by atoms with van der Waals surface area (Å²) >= 11 is 0. The molecule has 1 saturated heterocycles. The standard InChI is InChI=1S/C25H40N2O3/c1-20(18-23(29)26-19-21-14-10-9-11-15-21)25(30)24-22(28)16-12-7-5-3-4-6-8-13-17-27(24)2/h9-11,14-15,20,24-25,30H,3-8,12-13,16-19H2,1-2H3,(H,26,29)/t20-,24-,25?/m1/s1. The molecule has 1 aliphatic rings. The summed E-state index contributed by atoms with van der Waals surface area (Å²) < 4.78 is 0. The fourth-order valence-corrected chi connectivity index (χ4v) is 4.30. The average Bonchev–Trinajstić information content (AvgIpc) is 2.75. The number of ketones is 1. The highest BCUT2D eigenvalue weighted by molar-refractivity contribution is 5.85. The molecule has 168 valence electrons. The van der Waals surface area contributed by atoms with Gasteiger partial charge in [-0.1, -0.05) is 75.8 Å². The van der Waals surface area contributed by atoms with E-state index in [1.54, 1.807) is 0 Å². The van der Waals surface area contributed by atoms with Crippen molar-refractivity contribution in [2.24, 2.45) is 5.92 Å². The Balaban J connectivity index is 1.93. The van der Waals surface area contributed by atoms with Crippen LogP contribution in [0.15, 0.2) is 30.3 Å². The van der Waals surface area contributed by atoms with E-state index in [2.05, 4.69) is 5.32 Å². The summed E-state index contributed by atoms with van der Waals surface area (Å²) in [6.45, 7) is 3.15. The van der Waals surface area contributed by atoms with E-state index in [9.17, 15) is 14.7 Å². The Morgan fingerprint density at radius 1 is 1.07 bits per heavy atom. The van der Waals surface area contributed by atoms with Crippen LogP contribution in [-0.4, -0.2) is 47.4 Å². The quantitative estimate of drug-likeness (QED) is 0.733. The van der Waals surface area contributed by atoms with Crippen LogP contribution in [0.4, 0.5) is 0 Å². The molecule has 1 heterocycles. The van der Waals surface area contributed by atoms with Crippen LogP contribution in [0.3, 0.4) is 0 Å². The molecule has 2 N–H and O–H groups in total. The Morgan fingerprint density at radius 3 is 2.33 bits per heavy atom. The van der Waals surface area contributed by atoms with Crippen molar-refractivity contribution < 1.29 is 14.7 Å². The molecule has 0 aliphatic carbocycles. The molecule has 1 aromatic carbocycles. The molecule has 5 nitrogen and oxygen atoms in total. The van der Waals surface area contributed by atoms with Gasteiger partial charge in [0.2, 0.25) is 5.91 Å². The lowest BCUT2D eigenvalue weighted by atomic mass is 9.89. The van der Waals surface area contributed by atoms with Crippen molar-refractivity contribution in [2.45, 2.75) is 89.8 Å². The van der Waals surface area contributed by atoms with Gasteiger partial charge in [-0.15, -0.1) is 0 Å². The van der Waals surface area contributed by atoms with Crippen molar-refractivity contribution in [1.82, 2.24) is 10.2 Å². The number of carbonyl (C=O) groups excluding carboxylic acids is 2. The number of likely N-dealkylation sites (N-methyl/N-ethyl adjacent to an activating group) is 1. The van der Waals surface area contributed by atoms with E-state index in [1.165, 1.54) is 32.1 Å². The van der Waals surface area contributed by atoms with Crippen LogP contribution >= 0.6 is 0 Å². The summed E-state index contributed by atoms with van der Waals surface area (Å²) in [5.41, 5.74) is 1.05. The molecule has 2 rings (SSSR count). The van der Waals surface area contributed by atoms with Gasteiger partial charge < -0.3 is 10.4 Å². The fourth-order valence-electron chi connectivity index (χ4n) is 4.30. The highest BCUT2D eigenvalue weighted by Gasteiger charge is 2.34. The van der Waals surface area contributed by atoms with E-state index in [1.807, 2.05) is 49.2 Å². The minimum atomic E-state index is -0.838. The van der Waals surface area contributed by atoms with Gasteiger partial charge in [-0.05, 0) is 37.9 Å². The van der Waals surface area contributed by atoms with Crippen molar-refractivity contribution in [3.8, 4) is 0 Å². The van der Waals surface area contributed by atoms with Crippen LogP contribution in [0.2, 0.25) is 0 Å². The van der Waals surface area contributed by atoms with Gasteiger partial charge >= 0.3 is 0 Å². The molecule has 0 spiro atoms. The highest BCUT2D eigenvalue weighted by atomic mass is 16.3. The molecule has 1 aliphatic heterocycles. The van der Waals surface area contributed by atoms with Crippen LogP contribution in [0.5, 0.6) is 0 Å². The first-order valence-corrected chi connectivity index (χ1v) is 11.7. The van der Waals surface area contributed by atoms with Crippen molar-refractivity contribution in [1.29, 1.82) is 0 Å². The van der Waals surface area contributed by atoms with Gasteiger partial charge in [0, 0.05) is 19.4 Å². The number of Topliss-reactive ketones (excluding diaryl/α,β-unsaturated/α-hetero) is 1. The summed E-state index contributed by atoms with van der Waals surface area (Å²) in [6.07, 6.45) is 9.03. The van der Waals surface area contributed by atoms with Gasteiger partial charge in [-0.2, -0.15) is 0 Å². The smallest absolute Gasteiger partial charge is 0.220 e. The number of aliphatic hydroxyl groups is 1. The SMILES string of the molecule is C[C@H](CC(=O)NCc1ccccc1)C(O)[C@H]1C(=O)CCCCCCCCCCN1C. The van der Waals surface area contributed by atoms with Gasteiger partial charge in [-0.25, -0.2) is 0 Å². The Kier molecular flexibility index (Phi) is 11.1. The van der Waals surface area contributed by atoms with E-state index in [4.69, 9.17) is 0 Å². The zero-order chi connectivity index (χ0) is 21.8. The molecule has 0 radical (unpaired) electrons. The maximum atomic E-state index is 13.0. The van der Waals surface area contributed by atoms with Gasteiger partial charge in [0.1, 0.15) is 0 Å². The second kappa shape index (κ2) is 13.6. The molecule has 1 aromatic rings. The van der Waals surface area contributed by atoms with E-state index < -0.39 is 12.1 Å². The highest BCUT2D eigenvalue weighted by Crippen LogP contribution is 2.21. The molecule has 0 aromatic heterocycles. The van der Waals surface area contributed by atoms with Gasteiger partial charge in [0.05, 0.1) is 12.1 Å². The van der Waals surface area contributed by atoms with Crippen LogP contribution in [0.25, 0.3) is 0 Å². The number of nitrogens with one attached hydrogen (secondary N) is 1. The number of hydrogen-bond acceptors (Lipinski definition) is 4. The Bertz CT molecular complexity index is 635. The number of nitrogens with zero attached hydrogens (tertiary/aromatic N) is 1. The van der Waals surface area contributed by atoms with Crippen molar-refractivity contribution in [3.63, 3.8) is 0 Å². The number of benzene rings is 1. The number of aliphatic hydroxyl groups excluding tert-OH is 1. The lowest BCUT2D eigenvalue weighted by Crippen LogP contribution is -2.50. The molecule has 1 fully saturated rings. The lowest BCUT2D eigenvalue weighted by molar-refractivity contribution is -0.131. The number of amides is 1. The minimum absolute atomic E-state index is 0.0925. The molecule has 5 heteroatoms. The van der Waals surface area contributed by atoms with E-state index in [0.29, 0.717) is 13.0 Å². The molecule has 1 unspecified atom stereocenters. The van der Waals surface area contributed by atoms with E-state index >= 15 is 0 Å². The molecular formula is C25H40N2O3. The Labute approximate surface area is 182 Å². The van der Waals surface area contributed by atoms with Crippen molar-refractivity contribution in [2.75, 3.05) is 13.6 Å². The third kappa shape index (κ3) is 8.57. The first-order chi connectivity index (χ1) is 14.5. The average molecular weight is 417 g/mol. The predicted octanol–water partition coefficient (Wildman–Crippen LogP) is 4.08. The summed E-state index contributed by atoms with van der Waals surface area (Å²) in [5.74, 6) is -0.265. The fraction of sp³-hybridized carbons (Fsp3) is 0.680. The first kappa shape index (κ1) is 24.5.